The second-order valence-electron chi connectivity index (χ2n) is 3.13. The van der Waals surface area contributed by atoms with Crippen LogP contribution in [0.2, 0.25) is 0 Å². The van der Waals surface area contributed by atoms with Gasteiger partial charge in [-0.25, -0.2) is 9.37 Å². The maximum atomic E-state index is 12.6. The average molecular weight is 239 g/mol. The maximum Gasteiger partial charge on any atom is 0.123 e. The zero-order valence-electron chi connectivity index (χ0n) is 8.24. The molecule has 15 heavy (non-hydrogen) atoms. The predicted molar refractivity (Wildman–Crippen MR) is 62.8 cm³/mol. The van der Waals surface area contributed by atoms with E-state index in [2.05, 4.69) is 4.98 Å². The molecule has 0 bridgehead atoms. The van der Waals surface area contributed by atoms with Crippen LogP contribution in [0.5, 0.6) is 0 Å². The van der Waals surface area contributed by atoms with Crippen molar-refractivity contribution in [3.05, 3.63) is 46.2 Å². The summed E-state index contributed by atoms with van der Waals surface area (Å²) in [6, 6.07) is 6.55. The number of halogens is 1. The van der Waals surface area contributed by atoms with Gasteiger partial charge in [-0.15, -0.1) is 23.1 Å². The summed E-state index contributed by atoms with van der Waals surface area (Å²) < 4.78 is 12.6. The normalized spacial score (nSPS) is 10.5. The smallest absolute Gasteiger partial charge is 0.123 e. The Morgan fingerprint density at radius 2 is 2.07 bits per heavy atom. The Labute approximate surface area is 96.4 Å². The first-order valence-corrected chi connectivity index (χ1v) is 6.40. The molecule has 1 nitrogen and oxygen atoms in total. The quantitative estimate of drug-likeness (QED) is 0.754. The molecule has 0 saturated heterocycles. The average Bonchev–Trinajstić information content (AvgIpc) is 2.64. The highest BCUT2D eigenvalue weighted by Crippen LogP contribution is 2.24. The molecule has 0 amide bonds. The number of hydrogen-bond acceptors (Lipinski definition) is 3. The van der Waals surface area contributed by atoms with Gasteiger partial charge in [-0.2, -0.15) is 0 Å². The van der Waals surface area contributed by atoms with E-state index in [9.17, 15) is 4.39 Å². The molecule has 2 rings (SSSR count). The Morgan fingerprint density at radius 1 is 1.33 bits per heavy atom. The topological polar surface area (TPSA) is 12.9 Å². The van der Waals surface area contributed by atoms with E-state index >= 15 is 0 Å². The molecule has 0 spiro atoms. The number of aromatic nitrogens is 1. The largest absolute Gasteiger partial charge is 0.246 e. The van der Waals surface area contributed by atoms with Crippen LogP contribution in [0.25, 0.3) is 0 Å². The van der Waals surface area contributed by atoms with Crippen LogP contribution in [0.15, 0.2) is 34.5 Å². The first-order valence-electron chi connectivity index (χ1n) is 4.53. The lowest BCUT2D eigenvalue weighted by Gasteiger charge is -1.98. The van der Waals surface area contributed by atoms with E-state index in [1.807, 2.05) is 12.3 Å². The van der Waals surface area contributed by atoms with Crippen molar-refractivity contribution in [1.29, 1.82) is 0 Å². The molecule has 1 aromatic heterocycles. The summed E-state index contributed by atoms with van der Waals surface area (Å²) >= 11 is 3.34. The Bertz CT molecular complexity index is 436. The second-order valence-corrected chi connectivity index (χ2v) is 5.12. The van der Waals surface area contributed by atoms with Gasteiger partial charge >= 0.3 is 0 Å². The van der Waals surface area contributed by atoms with Gasteiger partial charge in [0.15, 0.2) is 0 Å². The van der Waals surface area contributed by atoms with Crippen molar-refractivity contribution in [3.8, 4) is 0 Å². The summed E-state index contributed by atoms with van der Waals surface area (Å²) in [5.41, 5.74) is 1.06. The van der Waals surface area contributed by atoms with Crippen molar-refractivity contribution < 1.29 is 4.39 Å². The highest BCUT2D eigenvalue weighted by molar-refractivity contribution is 7.98. The lowest BCUT2D eigenvalue weighted by molar-refractivity contribution is 0.626. The van der Waals surface area contributed by atoms with Crippen LogP contribution in [-0.2, 0) is 5.75 Å². The summed E-state index contributed by atoms with van der Waals surface area (Å²) in [5.74, 6) is 0.661. The van der Waals surface area contributed by atoms with Gasteiger partial charge in [0.1, 0.15) is 10.8 Å². The highest BCUT2D eigenvalue weighted by atomic mass is 32.2. The van der Waals surface area contributed by atoms with E-state index < -0.39 is 0 Å². The fourth-order valence-electron chi connectivity index (χ4n) is 1.14. The Morgan fingerprint density at radius 3 is 2.67 bits per heavy atom. The standard InChI is InChI=1S/C11H10FNS2/c1-8-6-15-11(13-8)7-14-10-4-2-9(12)3-5-10/h2-6H,7H2,1H3. The minimum Gasteiger partial charge on any atom is -0.246 e. The molecule has 0 N–H and O–H groups in total. The minimum atomic E-state index is -0.190. The summed E-state index contributed by atoms with van der Waals surface area (Å²) in [6.45, 7) is 1.99. The zero-order chi connectivity index (χ0) is 10.7. The molecule has 0 aliphatic heterocycles. The molecule has 0 aliphatic carbocycles. The molecule has 0 radical (unpaired) electrons. The number of hydrogen-bond donors (Lipinski definition) is 0. The van der Waals surface area contributed by atoms with Crippen molar-refractivity contribution in [2.24, 2.45) is 0 Å². The molecule has 1 aromatic carbocycles. The van der Waals surface area contributed by atoms with Crippen molar-refractivity contribution in [2.75, 3.05) is 0 Å². The molecule has 0 fully saturated rings. The van der Waals surface area contributed by atoms with Crippen LogP contribution in [-0.4, -0.2) is 4.98 Å². The number of aryl methyl sites for hydroxylation is 1. The molecular weight excluding hydrogens is 229 g/mol. The maximum absolute atomic E-state index is 12.6. The van der Waals surface area contributed by atoms with E-state index in [0.29, 0.717) is 0 Å². The predicted octanol–water partition coefficient (Wildman–Crippen LogP) is 3.88. The second kappa shape index (κ2) is 4.77. The van der Waals surface area contributed by atoms with Gasteiger partial charge in [0.25, 0.3) is 0 Å². The molecule has 2 aromatic rings. The van der Waals surface area contributed by atoms with Gasteiger partial charge in [0, 0.05) is 16.0 Å². The minimum absolute atomic E-state index is 0.190. The number of nitrogens with zero attached hydrogens (tertiary/aromatic N) is 1. The van der Waals surface area contributed by atoms with Gasteiger partial charge in [-0.1, -0.05) is 0 Å². The molecule has 4 heteroatoms. The van der Waals surface area contributed by atoms with E-state index in [0.717, 1.165) is 21.3 Å². The number of rotatable bonds is 3. The van der Waals surface area contributed by atoms with Gasteiger partial charge in [0.2, 0.25) is 0 Å². The fourth-order valence-corrected chi connectivity index (χ4v) is 2.83. The van der Waals surface area contributed by atoms with E-state index in [4.69, 9.17) is 0 Å². The van der Waals surface area contributed by atoms with Crippen molar-refractivity contribution in [2.45, 2.75) is 17.6 Å². The summed E-state index contributed by atoms with van der Waals surface area (Å²) in [4.78, 5) is 5.44. The van der Waals surface area contributed by atoms with Crippen LogP contribution < -0.4 is 0 Å². The molecule has 0 aliphatic rings. The molecule has 0 saturated carbocycles. The van der Waals surface area contributed by atoms with E-state index in [1.165, 1.54) is 12.1 Å². The third-order valence-electron chi connectivity index (χ3n) is 1.84. The van der Waals surface area contributed by atoms with Gasteiger partial charge in [0.05, 0.1) is 5.75 Å². The summed E-state index contributed by atoms with van der Waals surface area (Å²) in [5, 5.41) is 3.16. The Kier molecular flexibility index (Phi) is 3.38. The molecular formula is C11H10FNS2. The van der Waals surface area contributed by atoms with E-state index in [-0.39, 0.29) is 5.82 Å². The van der Waals surface area contributed by atoms with E-state index in [1.54, 1.807) is 35.2 Å². The molecule has 78 valence electrons. The molecule has 1 heterocycles. The van der Waals surface area contributed by atoms with Gasteiger partial charge in [-0.3, -0.25) is 0 Å². The van der Waals surface area contributed by atoms with Crippen LogP contribution >= 0.6 is 23.1 Å². The monoisotopic (exact) mass is 239 g/mol. The molecule has 0 atom stereocenters. The first kappa shape index (κ1) is 10.6. The third-order valence-corrected chi connectivity index (χ3v) is 4.02. The summed E-state index contributed by atoms with van der Waals surface area (Å²) in [7, 11) is 0. The molecule has 0 unspecified atom stereocenters. The van der Waals surface area contributed by atoms with Gasteiger partial charge < -0.3 is 0 Å². The van der Waals surface area contributed by atoms with Gasteiger partial charge in [-0.05, 0) is 31.2 Å². The zero-order valence-corrected chi connectivity index (χ0v) is 9.87. The van der Waals surface area contributed by atoms with Crippen LogP contribution in [0, 0.1) is 12.7 Å². The van der Waals surface area contributed by atoms with Crippen LogP contribution in [0.3, 0.4) is 0 Å². The van der Waals surface area contributed by atoms with Crippen molar-refractivity contribution in [1.82, 2.24) is 4.98 Å². The summed E-state index contributed by atoms with van der Waals surface area (Å²) in [6.07, 6.45) is 0. The highest BCUT2D eigenvalue weighted by Gasteiger charge is 2.00. The SMILES string of the molecule is Cc1csc(CSc2ccc(F)cc2)n1. The number of thiazole rings is 1. The number of thioether (sulfide) groups is 1. The van der Waals surface area contributed by atoms with Crippen LogP contribution in [0.1, 0.15) is 10.7 Å². The van der Waals surface area contributed by atoms with Crippen LogP contribution in [0.4, 0.5) is 4.39 Å². The Hall–Kier alpha value is -0.870. The fraction of sp³-hybridized carbons (Fsp3) is 0.182. The van der Waals surface area contributed by atoms with Crippen molar-refractivity contribution >= 4 is 23.1 Å². The number of benzene rings is 1. The Balaban J connectivity index is 1.96. The first-order chi connectivity index (χ1) is 7.24. The third kappa shape index (κ3) is 3.04. The lowest BCUT2D eigenvalue weighted by Crippen LogP contribution is -1.80. The lowest BCUT2D eigenvalue weighted by atomic mass is 10.4. The van der Waals surface area contributed by atoms with Crippen molar-refractivity contribution in [3.63, 3.8) is 0 Å².